The van der Waals surface area contributed by atoms with Gasteiger partial charge in [0.05, 0.1) is 16.7 Å². The van der Waals surface area contributed by atoms with Gasteiger partial charge in [0.2, 0.25) is 0 Å². The van der Waals surface area contributed by atoms with Crippen molar-refractivity contribution < 1.29 is 0 Å². The summed E-state index contributed by atoms with van der Waals surface area (Å²) in [6, 6.07) is 90.8. The minimum absolute atomic E-state index is 0.113. The Kier molecular flexibility index (Phi) is 9.49. The molecule has 11 aromatic rings. The number of benzene rings is 10. The molecule has 16 rings (SSSR count). The highest BCUT2D eigenvalue weighted by Crippen LogP contribution is 2.69. The Morgan fingerprint density at radius 3 is 1.60 bits per heavy atom. The first-order valence-electron chi connectivity index (χ1n) is 26.3. The number of hydrogen-bond acceptors (Lipinski definition) is 1. The summed E-state index contributed by atoms with van der Waals surface area (Å²) in [5.41, 5.74) is 22.9. The number of hydrogen-bond donors (Lipinski definition) is 0. The molecule has 5 aliphatic carbocycles. The predicted molar refractivity (Wildman–Crippen MR) is 300 cm³/mol. The maximum Gasteiger partial charge on any atom is 0.0541 e. The van der Waals surface area contributed by atoms with Crippen LogP contribution in [0.5, 0.6) is 0 Å². The van der Waals surface area contributed by atoms with E-state index in [1.54, 1.807) is 11.1 Å². The van der Waals surface area contributed by atoms with Crippen LogP contribution in [-0.2, 0) is 5.41 Å². The molecule has 1 spiro atoms. The molecular weight excluding hydrogens is 869 g/mol. The van der Waals surface area contributed by atoms with Gasteiger partial charge >= 0.3 is 0 Å². The lowest BCUT2D eigenvalue weighted by Crippen LogP contribution is -2.55. The maximum atomic E-state index is 2.57. The Morgan fingerprint density at radius 2 is 0.861 bits per heavy atom. The molecule has 0 atom stereocenters. The summed E-state index contributed by atoms with van der Waals surface area (Å²) in [4.78, 5) is 2.54. The van der Waals surface area contributed by atoms with Gasteiger partial charge in [-0.2, -0.15) is 0 Å². The maximum absolute atomic E-state index is 2.57. The Balaban J connectivity index is 0.900. The summed E-state index contributed by atoms with van der Waals surface area (Å²) in [6.45, 7) is 0. The standard InChI is InChI=1S/C70H54N2/c1-3-17-49(18-4-1)56-21-7-8-22-57(56)58-23-9-10-24-59(58)61-26-12-15-29-67(61)71(55-36-37-66-63(45-55)60-25-11-14-28-65(60)70(66)51-40-46-39-47(42-51)43-52(70)41-46)54-34-31-48(32-35-54)50-33-38-69-64(44-50)62-27-13-16-30-68(62)72(69)53-19-5-2-6-20-53/h1-38,44-47,51-52H,39-43H2. The van der Waals surface area contributed by atoms with Crippen molar-refractivity contribution in [3.63, 3.8) is 0 Å². The highest BCUT2D eigenvalue weighted by atomic mass is 15.1. The third kappa shape index (κ3) is 6.28. The molecule has 0 N–H and O–H groups in total. The molecular formula is C70H54N2. The quantitative estimate of drug-likeness (QED) is 0.147. The predicted octanol–water partition coefficient (Wildman–Crippen LogP) is 18.6. The minimum atomic E-state index is 0.113. The van der Waals surface area contributed by atoms with Crippen LogP contribution >= 0.6 is 0 Å². The van der Waals surface area contributed by atoms with E-state index < -0.39 is 0 Å². The topological polar surface area (TPSA) is 8.17 Å². The third-order valence-electron chi connectivity index (χ3n) is 17.6. The molecule has 0 radical (unpaired) electrons. The average molecular weight is 923 g/mol. The molecule has 5 aliphatic rings. The largest absolute Gasteiger partial charge is 0.310 e. The van der Waals surface area contributed by atoms with E-state index in [2.05, 4.69) is 252 Å². The van der Waals surface area contributed by atoms with Crippen LogP contribution in [0.3, 0.4) is 0 Å². The third-order valence-corrected chi connectivity index (χ3v) is 17.6. The molecule has 0 saturated heterocycles. The molecule has 1 heterocycles. The van der Waals surface area contributed by atoms with E-state index in [9.17, 15) is 0 Å². The molecule has 2 nitrogen and oxygen atoms in total. The van der Waals surface area contributed by atoms with Crippen LogP contribution < -0.4 is 4.90 Å². The van der Waals surface area contributed by atoms with Crippen LogP contribution in [0.15, 0.2) is 243 Å². The van der Waals surface area contributed by atoms with Gasteiger partial charge in [0.1, 0.15) is 0 Å². The number of para-hydroxylation sites is 3. The molecule has 0 amide bonds. The second-order valence-corrected chi connectivity index (χ2v) is 21.2. The zero-order valence-electron chi connectivity index (χ0n) is 40.3. The van der Waals surface area contributed by atoms with E-state index in [0.29, 0.717) is 0 Å². The summed E-state index contributed by atoms with van der Waals surface area (Å²) >= 11 is 0. The minimum Gasteiger partial charge on any atom is -0.310 e. The van der Waals surface area contributed by atoms with Crippen molar-refractivity contribution in [1.29, 1.82) is 0 Å². The van der Waals surface area contributed by atoms with Crippen molar-refractivity contribution >= 4 is 38.9 Å². The van der Waals surface area contributed by atoms with Crippen LogP contribution in [-0.4, -0.2) is 4.57 Å². The van der Waals surface area contributed by atoms with Crippen molar-refractivity contribution in [2.45, 2.75) is 37.5 Å². The fourth-order valence-electron chi connectivity index (χ4n) is 15.0. The zero-order chi connectivity index (χ0) is 47.3. The lowest BCUT2D eigenvalue weighted by Gasteiger charge is -2.61. The Morgan fingerprint density at radius 1 is 0.333 bits per heavy atom. The Hall–Kier alpha value is -8.20. The highest BCUT2D eigenvalue weighted by molar-refractivity contribution is 6.10. The fourth-order valence-corrected chi connectivity index (χ4v) is 15.0. The van der Waals surface area contributed by atoms with Crippen LogP contribution in [0.2, 0.25) is 0 Å². The van der Waals surface area contributed by atoms with Gasteiger partial charge in [0.25, 0.3) is 0 Å². The smallest absolute Gasteiger partial charge is 0.0541 e. The fraction of sp³-hybridized carbons (Fsp3) is 0.143. The van der Waals surface area contributed by atoms with Gasteiger partial charge in [-0.25, -0.2) is 0 Å². The van der Waals surface area contributed by atoms with Gasteiger partial charge in [0.15, 0.2) is 0 Å². The van der Waals surface area contributed by atoms with Crippen molar-refractivity contribution in [1.82, 2.24) is 4.57 Å². The second-order valence-electron chi connectivity index (χ2n) is 21.2. The van der Waals surface area contributed by atoms with Crippen molar-refractivity contribution in [3.05, 3.63) is 254 Å². The van der Waals surface area contributed by atoms with Crippen LogP contribution in [0, 0.1) is 23.7 Å². The molecule has 0 unspecified atom stereocenters. The lowest BCUT2D eigenvalue weighted by atomic mass is 9.43. The highest BCUT2D eigenvalue weighted by Gasteiger charge is 2.61. The molecule has 344 valence electrons. The molecule has 2 heteroatoms. The van der Waals surface area contributed by atoms with Gasteiger partial charge in [0, 0.05) is 38.8 Å². The first-order valence-corrected chi connectivity index (χ1v) is 26.3. The van der Waals surface area contributed by atoms with E-state index in [1.807, 2.05) is 0 Å². The second kappa shape index (κ2) is 16.4. The van der Waals surface area contributed by atoms with Crippen LogP contribution in [0.1, 0.15) is 43.2 Å². The molecule has 72 heavy (non-hydrogen) atoms. The van der Waals surface area contributed by atoms with Crippen molar-refractivity contribution in [3.8, 4) is 61.3 Å². The van der Waals surface area contributed by atoms with E-state index in [1.165, 1.54) is 121 Å². The summed E-state index contributed by atoms with van der Waals surface area (Å²) in [6.07, 6.45) is 6.97. The lowest BCUT2D eigenvalue weighted by molar-refractivity contribution is -0.0399. The Labute approximate surface area is 422 Å². The first kappa shape index (κ1) is 41.6. The summed E-state index contributed by atoms with van der Waals surface area (Å²) in [5.74, 6) is 3.25. The van der Waals surface area contributed by atoms with Crippen molar-refractivity contribution in [2.75, 3.05) is 4.90 Å². The van der Waals surface area contributed by atoms with E-state index >= 15 is 0 Å². The van der Waals surface area contributed by atoms with Gasteiger partial charge in [-0.1, -0.05) is 182 Å². The molecule has 1 aromatic heterocycles. The van der Waals surface area contributed by atoms with Gasteiger partial charge in [-0.05, 0) is 178 Å². The molecule has 4 saturated carbocycles. The zero-order valence-corrected chi connectivity index (χ0v) is 40.3. The van der Waals surface area contributed by atoms with Crippen LogP contribution in [0.4, 0.5) is 17.1 Å². The van der Waals surface area contributed by atoms with Gasteiger partial charge in [-0.3, -0.25) is 0 Å². The normalized spacial score (nSPS) is 20.3. The molecule has 10 aromatic carbocycles. The molecule has 4 bridgehead atoms. The molecule has 4 fully saturated rings. The molecule has 0 aliphatic heterocycles. The van der Waals surface area contributed by atoms with E-state index in [0.717, 1.165) is 35.0 Å². The summed E-state index contributed by atoms with van der Waals surface area (Å²) in [7, 11) is 0. The van der Waals surface area contributed by atoms with E-state index in [4.69, 9.17) is 0 Å². The Bertz CT molecular complexity index is 3850. The van der Waals surface area contributed by atoms with Gasteiger partial charge in [-0.15, -0.1) is 0 Å². The number of anilines is 3. The number of aromatic nitrogens is 1. The van der Waals surface area contributed by atoms with E-state index in [-0.39, 0.29) is 5.41 Å². The van der Waals surface area contributed by atoms with Gasteiger partial charge < -0.3 is 9.47 Å². The average Bonchev–Trinajstić information content (AvgIpc) is 3.93. The monoisotopic (exact) mass is 922 g/mol. The number of rotatable bonds is 8. The summed E-state index contributed by atoms with van der Waals surface area (Å²) in [5, 5.41) is 2.52. The summed E-state index contributed by atoms with van der Waals surface area (Å²) < 4.78 is 2.39. The van der Waals surface area contributed by atoms with Crippen molar-refractivity contribution in [2.24, 2.45) is 23.7 Å². The number of fused-ring (bicyclic) bond motifs is 6. The first-order chi connectivity index (χ1) is 35.7. The SMILES string of the molecule is c1ccc(-c2ccccc2-c2ccccc2-c2ccccc2N(c2ccc(-c3ccc4c(c3)c3ccccc3n4-c3ccccc3)cc2)c2ccc3c(c2)-c2ccccc2C32C3CC4CC(C3)CC2C4)cc1. The number of nitrogens with zero attached hydrogens (tertiary/aromatic N) is 2. The van der Waals surface area contributed by atoms with Crippen LogP contribution in [0.25, 0.3) is 83.1 Å².